The molecule has 0 aromatic heterocycles. The lowest BCUT2D eigenvalue weighted by atomic mass is 10.2. The van der Waals surface area contributed by atoms with Gasteiger partial charge in [-0.15, -0.1) is 0 Å². The highest BCUT2D eigenvalue weighted by Gasteiger charge is 2.13. The molecule has 0 aliphatic heterocycles. The maximum atomic E-state index is 13.2. The summed E-state index contributed by atoms with van der Waals surface area (Å²) in [5.74, 6) is 0.916. The van der Waals surface area contributed by atoms with E-state index >= 15 is 0 Å². The summed E-state index contributed by atoms with van der Waals surface area (Å²) < 4.78 is 25.6. The summed E-state index contributed by atoms with van der Waals surface area (Å²) in [6.07, 6.45) is 1.08. The Labute approximate surface area is 161 Å². The molecular formula is C19H22BrClFNO2. The molecule has 2 rings (SSSR count). The highest BCUT2D eigenvalue weighted by molar-refractivity contribution is 9.10. The summed E-state index contributed by atoms with van der Waals surface area (Å²) in [6.45, 7) is 6.54. The van der Waals surface area contributed by atoms with Gasteiger partial charge in [-0.3, -0.25) is 0 Å². The van der Waals surface area contributed by atoms with Gasteiger partial charge in [-0.1, -0.05) is 24.6 Å². The maximum absolute atomic E-state index is 13.2. The Bertz CT molecular complexity index is 712. The van der Waals surface area contributed by atoms with Gasteiger partial charge in [0.25, 0.3) is 0 Å². The average molecular weight is 431 g/mol. The highest BCUT2D eigenvalue weighted by atomic mass is 79.9. The standard InChI is InChI=1S/C19H22BrClFNO2/c1-3-7-23-11-13-8-16(20)19(18(9-13)24-4-2)25-12-14-5-6-15(22)10-17(14)21/h5-6,8-10,23H,3-4,7,11-12H2,1-2H3. The van der Waals surface area contributed by atoms with E-state index in [2.05, 4.69) is 28.2 Å². The molecule has 0 saturated carbocycles. The van der Waals surface area contributed by atoms with Crippen molar-refractivity contribution in [1.29, 1.82) is 0 Å². The molecule has 0 aliphatic carbocycles. The number of halogens is 3. The van der Waals surface area contributed by atoms with E-state index in [4.69, 9.17) is 21.1 Å². The lowest BCUT2D eigenvalue weighted by molar-refractivity contribution is 0.267. The van der Waals surface area contributed by atoms with Crippen LogP contribution in [0.25, 0.3) is 0 Å². The van der Waals surface area contributed by atoms with Crippen LogP contribution >= 0.6 is 27.5 Å². The van der Waals surface area contributed by atoms with Gasteiger partial charge in [0.1, 0.15) is 12.4 Å². The van der Waals surface area contributed by atoms with Gasteiger partial charge in [-0.05, 0) is 65.6 Å². The number of hydrogen-bond acceptors (Lipinski definition) is 3. The molecule has 0 aliphatic rings. The van der Waals surface area contributed by atoms with E-state index in [0.29, 0.717) is 28.7 Å². The molecule has 1 N–H and O–H groups in total. The molecule has 0 amide bonds. The first-order chi connectivity index (χ1) is 12.0. The molecule has 0 unspecified atom stereocenters. The quantitative estimate of drug-likeness (QED) is 0.516. The molecule has 25 heavy (non-hydrogen) atoms. The summed E-state index contributed by atoms with van der Waals surface area (Å²) in [5.41, 5.74) is 1.82. The van der Waals surface area contributed by atoms with Gasteiger partial charge in [0, 0.05) is 12.1 Å². The molecule has 0 bridgehead atoms. The topological polar surface area (TPSA) is 30.5 Å². The van der Waals surface area contributed by atoms with Crippen molar-refractivity contribution in [3.8, 4) is 11.5 Å². The molecular weight excluding hydrogens is 409 g/mol. The summed E-state index contributed by atoms with van der Waals surface area (Å²) in [4.78, 5) is 0. The van der Waals surface area contributed by atoms with Crippen LogP contribution in [0.1, 0.15) is 31.4 Å². The summed E-state index contributed by atoms with van der Waals surface area (Å²) in [6, 6.07) is 8.24. The van der Waals surface area contributed by atoms with Gasteiger partial charge >= 0.3 is 0 Å². The number of nitrogens with one attached hydrogen (secondary N) is 1. The summed E-state index contributed by atoms with van der Waals surface area (Å²) in [5, 5.41) is 3.71. The van der Waals surface area contributed by atoms with Crippen molar-refractivity contribution in [3.05, 3.63) is 56.8 Å². The minimum Gasteiger partial charge on any atom is -0.490 e. The fourth-order valence-electron chi connectivity index (χ4n) is 2.32. The third-order valence-corrected chi connectivity index (χ3v) is 4.45. The molecule has 0 radical (unpaired) electrons. The molecule has 0 saturated heterocycles. The minimum absolute atomic E-state index is 0.227. The zero-order chi connectivity index (χ0) is 18.2. The molecule has 2 aromatic carbocycles. The largest absolute Gasteiger partial charge is 0.490 e. The van der Waals surface area contributed by atoms with Crippen LogP contribution in [0.15, 0.2) is 34.8 Å². The first kappa shape index (κ1) is 20.0. The smallest absolute Gasteiger partial charge is 0.175 e. The second kappa shape index (κ2) is 10.00. The predicted octanol–water partition coefficient (Wildman–Crippen LogP) is 5.72. The Balaban J connectivity index is 2.17. The fourth-order valence-corrected chi connectivity index (χ4v) is 3.15. The Morgan fingerprint density at radius 3 is 2.64 bits per heavy atom. The Morgan fingerprint density at radius 2 is 1.96 bits per heavy atom. The molecule has 136 valence electrons. The van der Waals surface area contributed by atoms with Crippen molar-refractivity contribution in [2.24, 2.45) is 0 Å². The van der Waals surface area contributed by atoms with E-state index in [0.717, 1.165) is 29.5 Å². The zero-order valence-corrected chi connectivity index (χ0v) is 16.7. The number of rotatable bonds is 9. The van der Waals surface area contributed by atoms with Crippen molar-refractivity contribution in [1.82, 2.24) is 5.32 Å². The predicted molar refractivity (Wildman–Crippen MR) is 103 cm³/mol. The van der Waals surface area contributed by atoms with E-state index in [9.17, 15) is 4.39 Å². The number of ether oxygens (including phenoxy) is 2. The van der Waals surface area contributed by atoms with Gasteiger partial charge in [-0.25, -0.2) is 4.39 Å². The Hall–Kier alpha value is -1.30. The average Bonchev–Trinajstić information content (AvgIpc) is 2.56. The van der Waals surface area contributed by atoms with Crippen LogP contribution in [0.3, 0.4) is 0 Å². The first-order valence-corrected chi connectivity index (χ1v) is 9.44. The third kappa shape index (κ3) is 5.87. The monoisotopic (exact) mass is 429 g/mol. The molecule has 6 heteroatoms. The minimum atomic E-state index is -0.367. The zero-order valence-electron chi connectivity index (χ0n) is 14.4. The second-order valence-corrected chi connectivity index (χ2v) is 6.80. The van der Waals surface area contributed by atoms with Crippen LogP contribution in [0.4, 0.5) is 4.39 Å². The summed E-state index contributed by atoms with van der Waals surface area (Å²) >= 11 is 9.62. The molecule has 0 atom stereocenters. The van der Waals surface area contributed by atoms with Crippen LogP contribution in [0.2, 0.25) is 5.02 Å². The number of benzene rings is 2. The van der Waals surface area contributed by atoms with E-state index < -0.39 is 0 Å². The van der Waals surface area contributed by atoms with Crippen LogP contribution in [-0.4, -0.2) is 13.2 Å². The fraction of sp³-hybridized carbons (Fsp3) is 0.368. The van der Waals surface area contributed by atoms with Crippen LogP contribution < -0.4 is 14.8 Å². The van der Waals surface area contributed by atoms with Gasteiger partial charge in [-0.2, -0.15) is 0 Å². The lowest BCUT2D eigenvalue weighted by Gasteiger charge is -2.16. The molecule has 0 fully saturated rings. The van der Waals surface area contributed by atoms with E-state index in [1.807, 2.05) is 19.1 Å². The molecule has 0 spiro atoms. The van der Waals surface area contributed by atoms with E-state index in [1.165, 1.54) is 12.1 Å². The van der Waals surface area contributed by atoms with Crippen molar-refractivity contribution in [2.45, 2.75) is 33.4 Å². The van der Waals surface area contributed by atoms with E-state index in [-0.39, 0.29) is 12.4 Å². The molecule has 2 aromatic rings. The third-order valence-electron chi connectivity index (χ3n) is 3.51. The molecule has 3 nitrogen and oxygen atoms in total. The van der Waals surface area contributed by atoms with Crippen LogP contribution in [0.5, 0.6) is 11.5 Å². The van der Waals surface area contributed by atoms with Gasteiger partial charge < -0.3 is 14.8 Å². The van der Waals surface area contributed by atoms with Gasteiger partial charge in [0.05, 0.1) is 16.1 Å². The van der Waals surface area contributed by atoms with Crippen LogP contribution in [0, 0.1) is 5.82 Å². The van der Waals surface area contributed by atoms with Gasteiger partial charge in [0.15, 0.2) is 11.5 Å². The lowest BCUT2D eigenvalue weighted by Crippen LogP contribution is -2.14. The highest BCUT2D eigenvalue weighted by Crippen LogP contribution is 2.37. The normalized spacial score (nSPS) is 10.8. The number of hydrogen-bond donors (Lipinski definition) is 1. The maximum Gasteiger partial charge on any atom is 0.175 e. The molecule has 0 heterocycles. The second-order valence-electron chi connectivity index (χ2n) is 5.54. The SMILES string of the molecule is CCCNCc1cc(Br)c(OCc2ccc(F)cc2Cl)c(OCC)c1. The Kier molecular flexibility index (Phi) is 8.00. The van der Waals surface area contributed by atoms with Crippen molar-refractivity contribution < 1.29 is 13.9 Å². The first-order valence-electron chi connectivity index (χ1n) is 8.27. The van der Waals surface area contributed by atoms with Crippen molar-refractivity contribution >= 4 is 27.5 Å². The van der Waals surface area contributed by atoms with Crippen molar-refractivity contribution in [3.63, 3.8) is 0 Å². The van der Waals surface area contributed by atoms with Crippen LogP contribution in [-0.2, 0) is 13.2 Å². The summed E-state index contributed by atoms with van der Waals surface area (Å²) in [7, 11) is 0. The Morgan fingerprint density at radius 1 is 1.16 bits per heavy atom. The van der Waals surface area contributed by atoms with E-state index in [1.54, 1.807) is 6.07 Å². The van der Waals surface area contributed by atoms with Crippen molar-refractivity contribution in [2.75, 3.05) is 13.2 Å². The van der Waals surface area contributed by atoms with Gasteiger partial charge in [0.2, 0.25) is 0 Å².